The molecule has 1 aromatic rings. The number of likely N-dealkylation sites (N-methyl/N-ethyl adjacent to an activating group) is 1. The maximum absolute atomic E-state index is 11.9. The fourth-order valence-electron chi connectivity index (χ4n) is 3.13. The van der Waals surface area contributed by atoms with Crippen molar-refractivity contribution in [2.24, 2.45) is 0 Å². The number of piperidine rings is 1. The van der Waals surface area contributed by atoms with Crippen LogP contribution in [0.4, 0.5) is 0 Å². The van der Waals surface area contributed by atoms with Gasteiger partial charge in [-0.25, -0.2) is 0 Å². The van der Waals surface area contributed by atoms with E-state index in [4.69, 9.17) is 11.6 Å². The summed E-state index contributed by atoms with van der Waals surface area (Å²) in [6.45, 7) is 8.21. The lowest BCUT2D eigenvalue weighted by Crippen LogP contribution is -2.44. The van der Waals surface area contributed by atoms with Gasteiger partial charge in [0, 0.05) is 37.1 Å². The first-order valence-corrected chi connectivity index (χ1v) is 8.74. The van der Waals surface area contributed by atoms with Crippen LogP contribution in [0, 0.1) is 0 Å². The Bertz CT molecular complexity index is 474. The Kier molecular flexibility index (Phi) is 6.71. The van der Waals surface area contributed by atoms with Crippen molar-refractivity contribution in [3.8, 4) is 0 Å². The van der Waals surface area contributed by atoms with Gasteiger partial charge >= 0.3 is 0 Å². The second-order valence-electron chi connectivity index (χ2n) is 6.15. The van der Waals surface area contributed by atoms with E-state index in [0.717, 1.165) is 56.9 Å². The van der Waals surface area contributed by atoms with Crippen LogP contribution in [0.5, 0.6) is 0 Å². The summed E-state index contributed by atoms with van der Waals surface area (Å²) < 4.78 is 0. The van der Waals surface area contributed by atoms with E-state index < -0.39 is 0 Å². The second kappa shape index (κ2) is 8.54. The maximum atomic E-state index is 11.9. The normalized spacial score (nSPS) is 17.1. The van der Waals surface area contributed by atoms with Gasteiger partial charge < -0.3 is 4.90 Å². The molecule has 1 aliphatic rings. The largest absolute Gasteiger partial charge is 0.341 e. The summed E-state index contributed by atoms with van der Waals surface area (Å²) in [5.41, 5.74) is 1.31. The number of amides is 1. The number of carbonyl (C=O) groups excluding carboxylic acids is 1. The number of benzene rings is 1. The third-order valence-electron chi connectivity index (χ3n) is 4.55. The number of nitrogens with zero attached hydrogens (tertiary/aromatic N) is 2. The van der Waals surface area contributed by atoms with Crippen LogP contribution in [0.15, 0.2) is 24.3 Å². The molecular formula is C18H27ClN2O. The molecule has 1 amide bonds. The van der Waals surface area contributed by atoms with Gasteiger partial charge in [-0.1, -0.05) is 30.7 Å². The highest BCUT2D eigenvalue weighted by Gasteiger charge is 2.19. The summed E-state index contributed by atoms with van der Waals surface area (Å²) >= 11 is 5.94. The maximum Gasteiger partial charge on any atom is 0.222 e. The number of hydrogen-bond acceptors (Lipinski definition) is 2. The lowest BCUT2D eigenvalue weighted by Gasteiger charge is -2.32. The molecule has 22 heavy (non-hydrogen) atoms. The molecule has 0 aromatic heterocycles. The molecule has 1 saturated heterocycles. The molecule has 1 atom stereocenters. The molecule has 1 fully saturated rings. The highest BCUT2D eigenvalue weighted by Crippen LogP contribution is 2.14. The van der Waals surface area contributed by atoms with Gasteiger partial charge in [0.1, 0.15) is 0 Å². The summed E-state index contributed by atoms with van der Waals surface area (Å²) in [6, 6.07) is 8.56. The molecule has 1 heterocycles. The zero-order valence-electron chi connectivity index (χ0n) is 13.7. The van der Waals surface area contributed by atoms with Crippen molar-refractivity contribution in [2.75, 3.05) is 26.2 Å². The van der Waals surface area contributed by atoms with Crippen molar-refractivity contribution < 1.29 is 4.79 Å². The summed E-state index contributed by atoms with van der Waals surface area (Å²) in [5.74, 6) is 0.327. The molecule has 1 aromatic carbocycles. The zero-order valence-corrected chi connectivity index (χ0v) is 14.5. The number of likely N-dealkylation sites (tertiary alicyclic amines) is 1. The Morgan fingerprint density at radius 3 is 2.64 bits per heavy atom. The van der Waals surface area contributed by atoms with Crippen molar-refractivity contribution in [2.45, 2.75) is 45.6 Å². The van der Waals surface area contributed by atoms with E-state index in [-0.39, 0.29) is 0 Å². The molecule has 1 unspecified atom stereocenters. The Morgan fingerprint density at radius 2 is 2.00 bits per heavy atom. The zero-order chi connectivity index (χ0) is 15.9. The van der Waals surface area contributed by atoms with Crippen LogP contribution in [0.1, 0.15) is 38.7 Å². The highest BCUT2D eigenvalue weighted by atomic mass is 35.5. The monoisotopic (exact) mass is 322 g/mol. The number of hydrogen-bond donors (Lipinski definition) is 0. The van der Waals surface area contributed by atoms with E-state index in [1.807, 2.05) is 17.0 Å². The summed E-state index contributed by atoms with van der Waals surface area (Å²) in [6.07, 6.45) is 3.95. The molecule has 0 radical (unpaired) electrons. The quantitative estimate of drug-likeness (QED) is 0.765. The molecular weight excluding hydrogens is 296 g/mol. The van der Waals surface area contributed by atoms with Crippen LogP contribution in [0.2, 0.25) is 5.02 Å². The lowest BCUT2D eigenvalue weighted by molar-refractivity contribution is -0.133. The molecule has 0 N–H and O–H groups in total. The van der Waals surface area contributed by atoms with Gasteiger partial charge in [0.05, 0.1) is 0 Å². The van der Waals surface area contributed by atoms with Crippen LogP contribution in [0.3, 0.4) is 0 Å². The van der Waals surface area contributed by atoms with E-state index in [0.29, 0.717) is 11.9 Å². The van der Waals surface area contributed by atoms with Crippen molar-refractivity contribution in [3.63, 3.8) is 0 Å². The molecule has 2 rings (SSSR count). The molecule has 3 nitrogen and oxygen atoms in total. The molecule has 1 aliphatic heterocycles. The van der Waals surface area contributed by atoms with Gasteiger partial charge in [0.2, 0.25) is 5.91 Å². The molecule has 0 saturated carbocycles. The molecule has 0 aliphatic carbocycles. The van der Waals surface area contributed by atoms with Gasteiger partial charge in [-0.15, -0.1) is 0 Å². The van der Waals surface area contributed by atoms with Crippen LogP contribution >= 0.6 is 11.6 Å². The van der Waals surface area contributed by atoms with Crippen LogP contribution in [0.25, 0.3) is 0 Å². The lowest BCUT2D eigenvalue weighted by atomic mass is 10.1. The van der Waals surface area contributed by atoms with E-state index >= 15 is 0 Å². The van der Waals surface area contributed by atoms with E-state index in [1.54, 1.807) is 0 Å². The fraction of sp³-hybridized carbons (Fsp3) is 0.611. The summed E-state index contributed by atoms with van der Waals surface area (Å²) in [4.78, 5) is 16.4. The van der Waals surface area contributed by atoms with E-state index in [2.05, 4.69) is 30.9 Å². The standard InChI is InChI=1S/C18H27ClN2O/c1-3-20(12-13-21-11-5-4-6-18(21)22)15(2)14-16-7-9-17(19)10-8-16/h7-10,15H,3-6,11-14H2,1-2H3. The van der Waals surface area contributed by atoms with Crippen molar-refractivity contribution in [3.05, 3.63) is 34.9 Å². The van der Waals surface area contributed by atoms with Crippen LogP contribution in [-0.4, -0.2) is 47.9 Å². The van der Waals surface area contributed by atoms with Gasteiger partial charge in [0.15, 0.2) is 0 Å². The molecule has 4 heteroatoms. The Labute approximate surface area is 139 Å². The first-order chi connectivity index (χ1) is 10.6. The van der Waals surface area contributed by atoms with Crippen molar-refractivity contribution >= 4 is 17.5 Å². The number of rotatable bonds is 7. The Morgan fingerprint density at radius 1 is 1.27 bits per heavy atom. The first-order valence-electron chi connectivity index (χ1n) is 8.36. The van der Waals surface area contributed by atoms with Crippen molar-refractivity contribution in [1.29, 1.82) is 0 Å². The molecule has 122 valence electrons. The predicted octanol–water partition coefficient (Wildman–Crippen LogP) is 3.61. The summed E-state index contributed by atoms with van der Waals surface area (Å²) in [5, 5.41) is 0.785. The van der Waals surface area contributed by atoms with Crippen molar-refractivity contribution in [1.82, 2.24) is 9.80 Å². The second-order valence-corrected chi connectivity index (χ2v) is 6.58. The third kappa shape index (κ3) is 4.99. The summed E-state index contributed by atoms with van der Waals surface area (Å²) in [7, 11) is 0. The fourth-order valence-corrected chi connectivity index (χ4v) is 3.25. The Hall–Kier alpha value is -1.06. The number of carbonyl (C=O) groups is 1. The van der Waals surface area contributed by atoms with Gasteiger partial charge in [-0.05, 0) is 50.4 Å². The van der Waals surface area contributed by atoms with E-state index in [9.17, 15) is 4.79 Å². The first kappa shape index (κ1) is 17.3. The predicted molar refractivity (Wildman–Crippen MR) is 92.3 cm³/mol. The average Bonchev–Trinajstić information content (AvgIpc) is 2.52. The minimum atomic E-state index is 0.327. The Balaban J connectivity index is 1.84. The SMILES string of the molecule is CCN(CCN1CCCCC1=O)C(C)Cc1ccc(Cl)cc1. The topological polar surface area (TPSA) is 23.6 Å². The third-order valence-corrected chi connectivity index (χ3v) is 4.80. The minimum Gasteiger partial charge on any atom is -0.341 e. The van der Waals surface area contributed by atoms with Crippen LogP contribution < -0.4 is 0 Å². The average molecular weight is 323 g/mol. The van der Waals surface area contributed by atoms with Gasteiger partial charge in [-0.2, -0.15) is 0 Å². The molecule has 0 bridgehead atoms. The van der Waals surface area contributed by atoms with E-state index in [1.165, 1.54) is 5.56 Å². The minimum absolute atomic E-state index is 0.327. The molecule has 0 spiro atoms. The van der Waals surface area contributed by atoms with Crippen LogP contribution in [-0.2, 0) is 11.2 Å². The smallest absolute Gasteiger partial charge is 0.222 e. The van der Waals surface area contributed by atoms with Gasteiger partial charge in [0.25, 0.3) is 0 Å². The van der Waals surface area contributed by atoms with Gasteiger partial charge in [-0.3, -0.25) is 9.69 Å². The highest BCUT2D eigenvalue weighted by molar-refractivity contribution is 6.30. The number of halogens is 1.